The Kier molecular flexibility index (Phi) is 4.16. The molecule has 2 aromatic heterocycles. The molecule has 0 saturated heterocycles. The third-order valence-electron chi connectivity index (χ3n) is 7.36. The fourth-order valence-electron chi connectivity index (χ4n) is 5.83. The molecule has 0 bridgehead atoms. The SMILES string of the molecule is c1ccc(-c2c3ccccc3c(-c3cccc4c3sc3c5ccoc5ccc43)c3ccccc23)cc1. The lowest BCUT2D eigenvalue weighted by molar-refractivity contribution is 0.616. The molecule has 0 unspecified atom stereocenters. The van der Waals surface area contributed by atoms with E-state index in [1.807, 2.05) is 11.3 Å². The second kappa shape index (κ2) is 7.55. The van der Waals surface area contributed by atoms with Crippen LogP contribution in [-0.2, 0) is 0 Å². The highest BCUT2D eigenvalue weighted by Gasteiger charge is 2.19. The van der Waals surface area contributed by atoms with Gasteiger partial charge in [0.15, 0.2) is 0 Å². The first-order valence-corrected chi connectivity index (χ1v) is 13.0. The molecule has 1 nitrogen and oxygen atoms in total. The lowest BCUT2D eigenvalue weighted by Gasteiger charge is -2.18. The third-order valence-corrected chi connectivity index (χ3v) is 8.65. The molecule has 8 rings (SSSR count). The first-order chi connectivity index (χ1) is 17.9. The van der Waals surface area contributed by atoms with E-state index >= 15 is 0 Å². The normalized spacial score (nSPS) is 11.9. The highest BCUT2D eigenvalue weighted by Crippen LogP contribution is 2.48. The number of benzene rings is 6. The third kappa shape index (κ3) is 2.71. The van der Waals surface area contributed by atoms with Crippen molar-refractivity contribution in [3.63, 3.8) is 0 Å². The maximum atomic E-state index is 5.71. The van der Waals surface area contributed by atoms with Gasteiger partial charge in [-0.2, -0.15) is 0 Å². The Hall–Kier alpha value is -4.40. The van der Waals surface area contributed by atoms with Crippen molar-refractivity contribution in [3.8, 4) is 22.3 Å². The van der Waals surface area contributed by atoms with E-state index in [4.69, 9.17) is 4.42 Å². The van der Waals surface area contributed by atoms with Crippen LogP contribution >= 0.6 is 11.3 Å². The molecule has 2 heterocycles. The van der Waals surface area contributed by atoms with Gasteiger partial charge in [0.25, 0.3) is 0 Å². The minimum Gasteiger partial charge on any atom is -0.464 e. The quantitative estimate of drug-likeness (QED) is 0.226. The second-order valence-electron chi connectivity index (χ2n) is 9.27. The smallest absolute Gasteiger partial charge is 0.135 e. The summed E-state index contributed by atoms with van der Waals surface area (Å²) in [6.45, 7) is 0. The van der Waals surface area contributed by atoms with Crippen LogP contribution in [0.1, 0.15) is 0 Å². The molecule has 2 heteroatoms. The molecule has 0 fully saturated rings. The van der Waals surface area contributed by atoms with Crippen LogP contribution < -0.4 is 0 Å². The lowest BCUT2D eigenvalue weighted by atomic mass is 9.86. The van der Waals surface area contributed by atoms with E-state index in [1.165, 1.54) is 69.4 Å². The summed E-state index contributed by atoms with van der Waals surface area (Å²) < 4.78 is 8.33. The van der Waals surface area contributed by atoms with Crippen LogP contribution in [0.3, 0.4) is 0 Å². The average Bonchev–Trinajstić information content (AvgIpc) is 3.57. The summed E-state index contributed by atoms with van der Waals surface area (Å²) in [6, 6.07) is 41.7. The molecule has 0 aliphatic carbocycles. The summed E-state index contributed by atoms with van der Waals surface area (Å²) in [7, 11) is 0. The topological polar surface area (TPSA) is 13.1 Å². The summed E-state index contributed by atoms with van der Waals surface area (Å²) in [5, 5.41) is 8.92. The van der Waals surface area contributed by atoms with Crippen LogP contribution in [0, 0.1) is 0 Å². The van der Waals surface area contributed by atoms with Gasteiger partial charge in [0.2, 0.25) is 0 Å². The summed E-state index contributed by atoms with van der Waals surface area (Å²) in [5.74, 6) is 0. The fraction of sp³-hybridized carbons (Fsp3) is 0. The number of furan rings is 1. The van der Waals surface area contributed by atoms with Crippen LogP contribution in [0.5, 0.6) is 0 Å². The van der Waals surface area contributed by atoms with Gasteiger partial charge in [0.05, 0.1) is 6.26 Å². The molecule has 36 heavy (non-hydrogen) atoms. The van der Waals surface area contributed by atoms with Gasteiger partial charge in [0, 0.05) is 31.1 Å². The first-order valence-electron chi connectivity index (χ1n) is 12.2. The van der Waals surface area contributed by atoms with E-state index in [1.54, 1.807) is 6.26 Å². The van der Waals surface area contributed by atoms with Gasteiger partial charge in [0.1, 0.15) is 5.58 Å². The predicted molar refractivity (Wildman–Crippen MR) is 155 cm³/mol. The van der Waals surface area contributed by atoms with E-state index in [0.717, 1.165) is 5.58 Å². The number of rotatable bonds is 2. The zero-order chi connectivity index (χ0) is 23.6. The Morgan fingerprint density at radius 1 is 0.417 bits per heavy atom. The van der Waals surface area contributed by atoms with Crippen LogP contribution in [-0.4, -0.2) is 0 Å². The van der Waals surface area contributed by atoms with Crippen molar-refractivity contribution in [1.29, 1.82) is 0 Å². The molecule has 0 aliphatic heterocycles. The van der Waals surface area contributed by atoms with Gasteiger partial charge in [-0.1, -0.05) is 97.1 Å². The van der Waals surface area contributed by atoms with Crippen molar-refractivity contribution in [1.82, 2.24) is 0 Å². The number of thiophene rings is 1. The summed E-state index contributed by atoms with van der Waals surface area (Å²) >= 11 is 1.87. The Morgan fingerprint density at radius 2 is 1.03 bits per heavy atom. The van der Waals surface area contributed by atoms with E-state index in [2.05, 4.69) is 115 Å². The Labute approximate surface area is 211 Å². The maximum absolute atomic E-state index is 5.71. The molecule has 6 aromatic carbocycles. The molecule has 0 saturated carbocycles. The fourth-order valence-corrected chi connectivity index (χ4v) is 7.17. The molecule has 0 N–H and O–H groups in total. The minimum absolute atomic E-state index is 0.943. The highest BCUT2D eigenvalue weighted by atomic mass is 32.1. The van der Waals surface area contributed by atoms with Crippen LogP contribution in [0.25, 0.3) is 74.9 Å². The summed E-state index contributed by atoms with van der Waals surface area (Å²) in [6.07, 6.45) is 1.79. The molecule has 0 spiro atoms. The van der Waals surface area contributed by atoms with Gasteiger partial charge in [-0.05, 0) is 56.4 Å². The molecule has 0 aliphatic rings. The van der Waals surface area contributed by atoms with Crippen molar-refractivity contribution in [3.05, 3.63) is 122 Å². The van der Waals surface area contributed by atoms with E-state index < -0.39 is 0 Å². The van der Waals surface area contributed by atoms with E-state index in [-0.39, 0.29) is 0 Å². The van der Waals surface area contributed by atoms with Gasteiger partial charge in [-0.25, -0.2) is 0 Å². The monoisotopic (exact) mass is 476 g/mol. The Balaban J connectivity index is 1.56. The standard InChI is InChI=1S/C34H20OS/c1-2-9-21(10-3-1)31-22-11-4-6-13-24(22)32(25-14-7-5-12-23(25)31)29-16-8-15-26-27-17-18-30-28(19-20-35-30)33(27)36-34(26)29/h1-20H. The molecular weight excluding hydrogens is 456 g/mol. The molecule has 0 amide bonds. The molecule has 8 aromatic rings. The van der Waals surface area contributed by atoms with Crippen molar-refractivity contribution in [2.24, 2.45) is 0 Å². The summed E-state index contributed by atoms with van der Waals surface area (Å²) in [4.78, 5) is 0. The molecular formula is C34H20OS. The number of hydrogen-bond donors (Lipinski definition) is 0. The zero-order valence-electron chi connectivity index (χ0n) is 19.4. The van der Waals surface area contributed by atoms with Crippen LogP contribution in [0.15, 0.2) is 126 Å². The van der Waals surface area contributed by atoms with Crippen molar-refractivity contribution < 1.29 is 4.42 Å². The molecule has 0 radical (unpaired) electrons. The largest absolute Gasteiger partial charge is 0.464 e. The minimum atomic E-state index is 0.943. The van der Waals surface area contributed by atoms with Gasteiger partial charge in [-0.3, -0.25) is 0 Å². The predicted octanol–water partition coefficient (Wildman–Crippen LogP) is 10.4. The van der Waals surface area contributed by atoms with Crippen molar-refractivity contribution in [2.75, 3.05) is 0 Å². The number of hydrogen-bond acceptors (Lipinski definition) is 2. The zero-order valence-corrected chi connectivity index (χ0v) is 20.2. The maximum Gasteiger partial charge on any atom is 0.135 e. The van der Waals surface area contributed by atoms with E-state index in [9.17, 15) is 0 Å². The molecule has 168 valence electrons. The second-order valence-corrected chi connectivity index (χ2v) is 10.3. The first kappa shape index (κ1) is 19.9. The highest BCUT2D eigenvalue weighted by molar-refractivity contribution is 7.27. The lowest BCUT2D eigenvalue weighted by Crippen LogP contribution is -1.90. The van der Waals surface area contributed by atoms with E-state index in [0.29, 0.717) is 0 Å². The van der Waals surface area contributed by atoms with Gasteiger partial charge < -0.3 is 4.42 Å². The van der Waals surface area contributed by atoms with Crippen molar-refractivity contribution >= 4 is 64.0 Å². The van der Waals surface area contributed by atoms with Gasteiger partial charge >= 0.3 is 0 Å². The van der Waals surface area contributed by atoms with Crippen molar-refractivity contribution in [2.45, 2.75) is 0 Å². The number of fused-ring (bicyclic) bond motifs is 7. The summed E-state index contributed by atoms with van der Waals surface area (Å²) in [5.41, 5.74) is 6.09. The Morgan fingerprint density at radius 3 is 1.75 bits per heavy atom. The molecule has 0 atom stereocenters. The van der Waals surface area contributed by atoms with Crippen LogP contribution in [0.4, 0.5) is 0 Å². The average molecular weight is 477 g/mol. The van der Waals surface area contributed by atoms with Gasteiger partial charge in [-0.15, -0.1) is 11.3 Å². The Bertz CT molecular complexity index is 2040. The van der Waals surface area contributed by atoms with Crippen LogP contribution in [0.2, 0.25) is 0 Å².